The van der Waals surface area contributed by atoms with Crippen LogP contribution in [-0.4, -0.2) is 69.5 Å². The fourth-order valence-corrected chi connectivity index (χ4v) is 5.95. The third-order valence-electron chi connectivity index (χ3n) is 6.78. The lowest BCUT2D eigenvalue weighted by Gasteiger charge is -2.48. The van der Waals surface area contributed by atoms with E-state index < -0.39 is 18.2 Å². The Hall–Kier alpha value is -2.32. The number of benzene rings is 2. The number of rotatable bonds is 7. The Morgan fingerprint density at radius 3 is 2.24 bits per heavy atom. The summed E-state index contributed by atoms with van der Waals surface area (Å²) in [5.41, 5.74) is 2.03. The number of carbonyl (C=O) groups excluding carboxylic acids is 1. The maximum atomic E-state index is 13.1. The number of nitrogens with zero attached hydrogens (tertiary/aromatic N) is 2. The molecule has 4 rings (SSSR count). The number of carbonyl (C=O) groups is 1. The Morgan fingerprint density at radius 2 is 1.65 bits per heavy atom. The van der Waals surface area contributed by atoms with Crippen LogP contribution in [0.1, 0.15) is 43.5 Å². The third-order valence-corrected chi connectivity index (χ3v) is 7.73. The van der Waals surface area contributed by atoms with Crippen LogP contribution in [0.25, 0.3) is 0 Å². The van der Waals surface area contributed by atoms with Crippen molar-refractivity contribution in [2.75, 3.05) is 31.2 Å². The molecule has 0 bridgehead atoms. The molecule has 2 aliphatic heterocycles. The van der Waals surface area contributed by atoms with Gasteiger partial charge in [-0.1, -0.05) is 60.7 Å². The van der Waals surface area contributed by atoms with Gasteiger partial charge in [-0.2, -0.15) is 11.8 Å². The molecule has 0 saturated carbocycles. The minimum absolute atomic E-state index is 0.0200. The fourth-order valence-electron chi connectivity index (χ4n) is 5.02. The molecular weight excluding hydrogens is 448 g/mol. The van der Waals surface area contributed by atoms with Gasteiger partial charge in [-0.15, -0.1) is 0 Å². The zero-order valence-corrected chi connectivity index (χ0v) is 20.7. The first kappa shape index (κ1) is 24.8. The van der Waals surface area contributed by atoms with Crippen LogP contribution in [0.3, 0.4) is 0 Å². The molecule has 7 heteroatoms. The molecular formula is C27H34N2O4S. The van der Waals surface area contributed by atoms with Crippen LogP contribution in [0.15, 0.2) is 72.0 Å². The van der Waals surface area contributed by atoms with Crippen LogP contribution in [0, 0.1) is 0 Å². The number of thioether (sulfide) groups is 1. The van der Waals surface area contributed by atoms with Gasteiger partial charge in [-0.3, -0.25) is 9.80 Å². The Kier molecular flexibility index (Phi) is 8.32. The van der Waals surface area contributed by atoms with Gasteiger partial charge in [0.25, 0.3) is 0 Å². The van der Waals surface area contributed by atoms with Crippen LogP contribution in [0.4, 0.5) is 0 Å². The summed E-state index contributed by atoms with van der Waals surface area (Å²) in [7, 11) is 0. The number of ether oxygens (including phenoxy) is 1. The second-order valence-corrected chi connectivity index (χ2v) is 10.00. The predicted molar refractivity (Wildman–Crippen MR) is 135 cm³/mol. The first-order valence-corrected chi connectivity index (χ1v) is 13.1. The van der Waals surface area contributed by atoms with Crippen LogP contribution >= 0.6 is 11.8 Å². The monoisotopic (exact) mass is 482 g/mol. The molecule has 0 aromatic heterocycles. The summed E-state index contributed by atoms with van der Waals surface area (Å²) >= 11 is 1.93. The summed E-state index contributed by atoms with van der Waals surface area (Å²) < 4.78 is 5.37. The molecule has 2 aromatic carbocycles. The van der Waals surface area contributed by atoms with Gasteiger partial charge in [0, 0.05) is 43.1 Å². The van der Waals surface area contributed by atoms with Crippen molar-refractivity contribution in [3.8, 4) is 0 Å². The van der Waals surface area contributed by atoms with E-state index in [9.17, 15) is 15.0 Å². The Balaban J connectivity index is 1.83. The minimum Gasteiger partial charge on any atom is -0.512 e. The van der Waals surface area contributed by atoms with Gasteiger partial charge >= 0.3 is 5.97 Å². The van der Waals surface area contributed by atoms with Gasteiger partial charge in [0.05, 0.1) is 18.2 Å². The molecule has 0 radical (unpaired) electrons. The van der Waals surface area contributed by atoms with Gasteiger partial charge in [0.15, 0.2) is 0 Å². The molecule has 4 atom stereocenters. The second-order valence-electron chi connectivity index (χ2n) is 8.77. The maximum Gasteiger partial charge on any atom is 0.339 e. The van der Waals surface area contributed by atoms with Gasteiger partial charge in [0.2, 0.25) is 0 Å². The number of hydrogen-bond donors (Lipinski definition) is 2. The van der Waals surface area contributed by atoms with E-state index in [1.807, 2.05) is 84.2 Å². The highest BCUT2D eigenvalue weighted by atomic mass is 32.2. The molecule has 2 aliphatic rings. The van der Waals surface area contributed by atoms with E-state index in [2.05, 4.69) is 4.90 Å². The summed E-state index contributed by atoms with van der Waals surface area (Å²) in [5, 5.41) is 23.1. The van der Waals surface area contributed by atoms with E-state index in [0.29, 0.717) is 0 Å². The van der Waals surface area contributed by atoms with Crippen molar-refractivity contribution < 1.29 is 19.7 Å². The summed E-state index contributed by atoms with van der Waals surface area (Å²) in [4.78, 5) is 17.4. The predicted octanol–water partition coefficient (Wildman–Crippen LogP) is 4.31. The molecule has 2 aromatic rings. The zero-order chi connectivity index (χ0) is 24.1. The van der Waals surface area contributed by atoms with Crippen molar-refractivity contribution in [1.82, 2.24) is 9.80 Å². The van der Waals surface area contributed by atoms with Crippen molar-refractivity contribution in [2.45, 2.75) is 44.6 Å². The van der Waals surface area contributed by atoms with Crippen LogP contribution in [0.5, 0.6) is 0 Å². The van der Waals surface area contributed by atoms with Crippen molar-refractivity contribution in [1.29, 1.82) is 0 Å². The van der Waals surface area contributed by atoms with Crippen molar-refractivity contribution in [3.63, 3.8) is 0 Å². The summed E-state index contributed by atoms with van der Waals surface area (Å²) in [5.74, 6) is 1.55. The highest BCUT2D eigenvalue weighted by Gasteiger charge is 2.46. The molecule has 2 N–H and O–H groups in total. The van der Waals surface area contributed by atoms with Gasteiger partial charge in [-0.05, 0) is 25.0 Å². The van der Waals surface area contributed by atoms with Crippen LogP contribution in [-0.2, 0) is 9.53 Å². The highest BCUT2D eigenvalue weighted by molar-refractivity contribution is 7.99. The zero-order valence-electron chi connectivity index (χ0n) is 19.8. The standard InChI is InChI=1S/C27H34N2O4S/c1-3-33-27(32)24-23(30)18-22(20-10-6-4-7-11-20)29(25(24)21-12-8-5-9-13-21)26(31)19(2)28-14-16-34-17-15-28/h4-13,19,22,25-26,30-31H,3,14-18H2,1-2H3. The number of aliphatic hydroxyl groups excluding tert-OH is 2. The normalized spacial score (nSPS) is 24.0. The topological polar surface area (TPSA) is 73.2 Å². The van der Waals surface area contributed by atoms with Crippen molar-refractivity contribution in [2.24, 2.45) is 0 Å². The summed E-state index contributed by atoms with van der Waals surface area (Å²) in [6.07, 6.45) is -0.641. The SMILES string of the molecule is CCOC(=O)C1=C(O)CC(c2ccccc2)N(C(O)C(C)N2CCSCC2)C1c1ccccc1. The van der Waals surface area contributed by atoms with Gasteiger partial charge < -0.3 is 14.9 Å². The third kappa shape index (κ3) is 5.18. The summed E-state index contributed by atoms with van der Waals surface area (Å²) in [6, 6.07) is 18.4. The average Bonchev–Trinajstić information content (AvgIpc) is 2.88. The van der Waals surface area contributed by atoms with Crippen LogP contribution in [0.2, 0.25) is 0 Å². The van der Waals surface area contributed by atoms with E-state index in [0.717, 1.165) is 35.7 Å². The minimum atomic E-state index is -0.865. The molecule has 0 aliphatic carbocycles. The first-order valence-electron chi connectivity index (χ1n) is 12.0. The number of esters is 1. The van der Waals surface area contributed by atoms with Crippen LogP contribution < -0.4 is 0 Å². The lowest BCUT2D eigenvalue weighted by Crippen LogP contribution is -2.56. The Labute approximate surface area is 206 Å². The largest absolute Gasteiger partial charge is 0.512 e. The molecule has 2 heterocycles. The molecule has 0 amide bonds. The van der Waals surface area contributed by atoms with Gasteiger partial charge in [-0.25, -0.2) is 4.79 Å². The molecule has 4 unspecified atom stereocenters. The molecule has 0 spiro atoms. The quantitative estimate of drug-likeness (QED) is 0.570. The second kappa shape index (κ2) is 11.4. The fraction of sp³-hybridized carbons (Fsp3) is 0.444. The average molecular weight is 483 g/mol. The number of hydrogen-bond acceptors (Lipinski definition) is 7. The van der Waals surface area contributed by atoms with E-state index in [1.165, 1.54) is 0 Å². The van der Waals surface area contributed by atoms with Gasteiger partial charge in [0.1, 0.15) is 12.0 Å². The molecule has 6 nitrogen and oxygen atoms in total. The molecule has 34 heavy (non-hydrogen) atoms. The smallest absolute Gasteiger partial charge is 0.339 e. The molecule has 182 valence electrons. The van der Waals surface area contributed by atoms with Crippen molar-refractivity contribution >= 4 is 17.7 Å². The Bertz CT molecular complexity index is 979. The highest BCUT2D eigenvalue weighted by Crippen LogP contribution is 2.46. The van der Waals surface area contributed by atoms with E-state index in [-0.39, 0.29) is 36.4 Å². The maximum absolute atomic E-state index is 13.1. The van der Waals surface area contributed by atoms with E-state index in [4.69, 9.17) is 4.74 Å². The molecule has 1 saturated heterocycles. The van der Waals surface area contributed by atoms with Crippen molar-refractivity contribution in [3.05, 3.63) is 83.1 Å². The lowest BCUT2D eigenvalue weighted by molar-refractivity contribution is -0.143. The molecule has 1 fully saturated rings. The Morgan fingerprint density at radius 1 is 1.06 bits per heavy atom. The van der Waals surface area contributed by atoms with E-state index in [1.54, 1.807) is 6.92 Å². The first-order chi connectivity index (χ1) is 16.5. The summed E-state index contributed by atoms with van der Waals surface area (Å²) in [6.45, 7) is 5.84. The number of aliphatic hydroxyl groups is 2. The van der Waals surface area contributed by atoms with E-state index >= 15 is 0 Å². The lowest BCUT2D eigenvalue weighted by atomic mass is 9.85.